The Morgan fingerprint density at radius 3 is 2.41 bits per heavy atom. The van der Waals surface area contributed by atoms with E-state index >= 15 is 0 Å². The van der Waals surface area contributed by atoms with Gasteiger partial charge in [0.1, 0.15) is 0 Å². The molecule has 0 heterocycles. The highest BCUT2D eigenvalue weighted by atomic mass is 79.9. The molecule has 0 aliphatic heterocycles. The van der Waals surface area contributed by atoms with Gasteiger partial charge in [0.15, 0.2) is 0 Å². The maximum absolute atomic E-state index is 11.5. The first-order valence-electron chi connectivity index (χ1n) is 6.92. The van der Waals surface area contributed by atoms with Gasteiger partial charge in [-0.2, -0.15) is 0 Å². The first kappa shape index (κ1) is 17.0. The third-order valence-electron chi connectivity index (χ3n) is 3.20. The molecule has 0 atom stereocenters. The molecule has 0 aliphatic carbocycles. The second-order valence-electron chi connectivity index (χ2n) is 4.78. The van der Waals surface area contributed by atoms with Crippen LogP contribution in [-0.4, -0.2) is 12.6 Å². The standard InChI is InChI=1S/C18H16Br2O2/c1-3-22-18(21)10-12(2)13-4-6-14(7-5-13)16-9-8-15(19)11-17(16)20/h4-11H,3H2,1-2H3. The molecule has 2 nitrogen and oxygen atoms in total. The Labute approximate surface area is 147 Å². The fourth-order valence-electron chi connectivity index (χ4n) is 2.08. The molecule has 2 aromatic rings. The van der Waals surface area contributed by atoms with E-state index in [4.69, 9.17) is 4.74 Å². The molecule has 0 radical (unpaired) electrons. The number of carbonyl (C=O) groups excluding carboxylic acids is 1. The summed E-state index contributed by atoms with van der Waals surface area (Å²) in [6.45, 7) is 4.09. The molecular weight excluding hydrogens is 408 g/mol. The van der Waals surface area contributed by atoms with Gasteiger partial charge >= 0.3 is 5.97 Å². The van der Waals surface area contributed by atoms with Crippen LogP contribution in [0, 0.1) is 0 Å². The third-order valence-corrected chi connectivity index (χ3v) is 4.35. The molecule has 0 N–H and O–H groups in total. The van der Waals surface area contributed by atoms with Crippen molar-refractivity contribution in [3.05, 3.63) is 63.0 Å². The number of benzene rings is 2. The van der Waals surface area contributed by atoms with Crippen LogP contribution >= 0.6 is 31.9 Å². The van der Waals surface area contributed by atoms with Gasteiger partial charge in [0, 0.05) is 15.0 Å². The summed E-state index contributed by atoms with van der Waals surface area (Å²) in [4.78, 5) is 11.5. The quantitative estimate of drug-likeness (QED) is 0.455. The van der Waals surface area contributed by atoms with Crippen molar-refractivity contribution in [3.8, 4) is 11.1 Å². The molecule has 0 bridgehead atoms. The number of rotatable bonds is 4. The fourth-order valence-corrected chi connectivity index (χ4v) is 3.36. The molecule has 114 valence electrons. The second kappa shape index (κ2) is 7.75. The highest BCUT2D eigenvalue weighted by molar-refractivity contribution is 9.11. The first-order chi connectivity index (χ1) is 10.5. The average molecular weight is 424 g/mol. The Balaban J connectivity index is 2.25. The minimum absolute atomic E-state index is 0.306. The van der Waals surface area contributed by atoms with E-state index in [2.05, 4.69) is 37.9 Å². The van der Waals surface area contributed by atoms with Crippen molar-refractivity contribution in [2.24, 2.45) is 0 Å². The summed E-state index contributed by atoms with van der Waals surface area (Å²) >= 11 is 7.03. The van der Waals surface area contributed by atoms with Crippen LogP contribution in [0.2, 0.25) is 0 Å². The molecule has 0 fully saturated rings. The van der Waals surface area contributed by atoms with Crippen molar-refractivity contribution in [2.45, 2.75) is 13.8 Å². The third kappa shape index (κ3) is 4.31. The summed E-state index contributed by atoms with van der Waals surface area (Å²) in [5.74, 6) is -0.306. The van der Waals surface area contributed by atoms with Crippen molar-refractivity contribution < 1.29 is 9.53 Å². The van der Waals surface area contributed by atoms with Gasteiger partial charge in [-0.3, -0.25) is 0 Å². The topological polar surface area (TPSA) is 26.3 Å². The second-order valence-corrected chi connectivity index (χ2v) is 6.55. The van der Waals surface area contributed by atoms with E-state index in [9.17, 15) is 4.79 Å². The largest absolute Gasteiger partial charge is 0.463 e. The van der Waals surface area contributed by atoms with Crippen molar-refractivity contribution in [1.82, 2.24) is 0 Å². The van der Waals surface area contributed by atoms with Gasteiger partial charge in [0.05, 0.1) is 6.61 Å². The molecule has 2 rings (SSSR count). The summed E-state index contributed by atoms with van der Waals surface area (Å²) in [5, 5.41) is 0. The van der Waals surface area contributed by atoms with Crippen molar-refractivity contribution in [2.75, 3.05) is 6.61 Å². The predicted octanol–water partition coefficient (Wildman–Crippen LogP) is 5.85. The van der Waals surface area contributed by atoms with Gasteiger partial charge in [-0.25, -0.2) is 4.79 Å². The first-order valence-corrected chi connectivity index (χ1v) is 8.50. The maximum atomic E-state index is 11.5. The van der Waals surface area contributed by atoms with Crippen LogP contribution < -0.4 is 0 Å². The Morgan fingerprint density at radius 2 is 1.82 bits per heavy atom. The molecule has 0 saturated carbocycles. The molecule has 2 aromatic carbocycles. The molecular formula is C18H16Br2O2. The van der Waals surface area contributed by atoms with Gasteiger partial charge in [-0.1, -0.05) is 62.2 Å². The molecule has 0 unspecified atom stereocenters. The van der Waals surface area contributed by atoms with Crippen LogP contribution in [0.3, 0.4) is 0 Å². The Kier molecular flexibility index (Phi) is 5.98. The van der Waals surface area contributed by atoms with Gasteiger partial charge in [0.25, 0.3) is 0 Å². The van der Waals surface area contributed by atoms with Gasteiger partial charge in [-0.05, 0) is 48.2 Å². The SMILES string of the molecule is CCOC(=O)C=C(C)c1ccc(-c2ccc(Br)cc2Br)cc1. The van der Waals surface area contributed by atoms with Crippen LogP contribution in [0.5, 0.6) is 0 Å². The number of hydrogen-bond donors (Lipinski definition) is 0. The van der Waals surface area contributed by atoms with E-state index in [1.165, 1.54) is 6.08 Å². The minimum Gasteiger partial charge on any atom is -0.463 e. The lowest BCUT2D eigenvalue weighted by molar-refractivity contribution is -0.137. The zero-order valence-corrected chi connectivity index (χ0v) is 15.6. The number of esters is 1. The molecule has 0 amide bonds. The lowest BCUT2D eigenvalue weighted by Gasteiger charge is -2.07. The monoisotopic (exact) mass is 422 g/mol. The minimum atomic E-state index is -0.306. The van der Waals surface area contributed by atoms with Crippen LogP contribution in [0.15, 0.2) is 57.5 Å². The number of hydrogen-bond acceptors (Lipinski definition) is 2. The highest BCUT2D eigenvalue weighted by Crippen LogP contribution is 2.31. The number of halogens is 2. The van der Waals surface area contributed by atoms with Gasteiger partial charge < -0.3 is 4.74 Å². The summed E-state index contributed by atoms with van der Waals surface area (Å²) < 4.78 is 7.00. The molecule has 0 saturated heterocycles. The van der Waals surface area contributed by atoms with Gasteiger partial charge in [0.2, 0.25) is 0 Å². The highest BCUT2D eigenvalue weighted by Gasteiger charge is 2.05. The fraction of sp³-hybridized carbons (Fsp3) is 0.167. The zero-order chi connectivity index (χ0) is 16.1. The van der Waals surface area contributed by atoms with Crippen molar-refractivity contribution in [3.63, 3.8) is 0 Å². The molecule has 22 heavy (non-hydrogen) atoms. The lowest BCUT2D eigenvalue weighted by atomic mass is 10.0. The zero-order valence-electron chi connectivity index (χ0n) is 12.4. The van der Waals surface area contributed by atoms with Crippen LogP contribution in [-0.2, 0) is 9.53 Å². The summed E-state index contributed by atoms with van der Waals surface area (Å²) in [5.41, 5.74) is 4.14. The molecule has 4 heteroatoms. The van der Waals surface area contributed by atoms with Crippen LogP contribution in [0.4, 0.5) is 0 Å². The summed E-state index contributed by atoms with van der Waals surface area (Å²) in [6, 6.07) is 14.2. The predicted molar refractivity (Wildman–Crippen MR) is 97.6 cm³/mol. The van der Waals surface area contributed by atoms with Crippen molar-refractivity contribution >= 4 is 43.4 Å². The van der Waals surface area contributed by atoms with E-state index in [0.717, 1.165) is 31.2 Å². The molecule has 0 spiro atoms. The molecule has 0 aromatic heterocycles. The van der Waals surface area contributed by atoms with E-state index in [1.807, 2.05) is 43.3 Å². The summed E-state index contributed by atoms with van der Waals surface area (Å²) in [7, 11) is 0. The van der Waals surface area contributed by atoms with E-state index in [0.29, 0.717) is 6.61 Å². The summed E-state index contributed by atoms with van der Waals surface area (Å²) in [6.07, 6.45) is 1.52. The Bertz CT molecular complexity index is 704. The van der Waals surface area contributed by atoms with E-state index < -0.39 is 0 Å². The van der Waals surface area contributed by atoms with Crippen LogP contribution in [0.25, 0.3) is 16.7 Å². The van der Waals surface area contributed by atoms with Crippen molar-refractivity contribution in [1.29, 1.82) is 0 Å². The van der Waals surface area contributed by atoms with Crippen LogP contribution in [0.1, 0.15) is 19.4 Å². The number of carbonyl (C=O) groups is 1. The van der Waals surface area contributed by atoms with Gasteiger partial charge in [-0.15, -0.1) is 0 Å². The molecule has 0 aliphatic rings. The lowest BCUT2D eigenvalue weighted by Crippen LogP contribution is -2.00. The maximum Gasteiger partial charge on any atom is 0.331 e. The van der Waals surface area contributed by atoms with E-state index in [-0.39, 0.29) is 5.97 Å². The smallest absolute Gasteiger partial charge is 0.331 e. The Morgan fingerprint density at radius 1 is 1.14 bits per heavy atom. The number of ether oxygens (including phenoxy) is 1. The normalized spacial score (nSPS) is 11.4. The Hall–Kier alpha value is -1.39. The van der Waals surface area contributed by atoms with E-state index in [1.54, 1.807) is 6.92 Å². The average Bonchev–Trinajstić information content (AvgIpc) is 2.47. The number of allylic oxidation sites excluding steroid dienone is 1.